The SMILES string of the molecule is CC(C)(C)N(CC(=O)O)C(=O)CCc1ccc(F)c(F)c1. The fourth-order valence-electron chi connectivity index (χ4n) is 1.92. The Morgan fingerprint density at radius 2 is 1.81 bits per heavy atom. The Morgan fingerprint density at radius 1 is 1.19 bits per heavy atom. The minimum absolute atomic E-state index is 0.0373. The maximum atomic E-state index is 13.1. The van der Waals surface area contributed by atoms with Gasteiger partial charge in [-0.1, -0.05) is 6.07 Å². The monoisotopic (exact) mass is 299 g/mol. The first-order chi connectivity index (χ1) is 9.61. The number of benzene rings is 1. The van der Waals surface area contributed by atoms with E-state index in [1.165, 1.54) is 11.0 Å². The molecule has 1 aromatic rings. The van der Waals surface area contributed by atoms with E-state index < -0.39 is 23.1 Å². The Kier molecular flexibility index (Phi) is 5.41. The fraction of sp³-hybridized carbons (Fsp3) is 0.467. The number of nitrogens with zero attached hydrogens (tertiary/aromatic N) is 1. The minimum atomic E-state index is -1.09. The molecule has 0 radical (unpaired) electrons. The minimum Gasteiger partial charge on any atom is -0.480 e. The molecule has 0 saturated carbocycles. The van der Waals surface area contributed by atoms with Crippen LogP contribution in [0.3, 0.4) is 0 Å². The molecule has 1 amide bonds. The third-order valence-electron chi connectivity index (χ3n) is 3.02. The molecule has 1 aromatic carbocycles. The van der Waals surface area contributed by atoms with Crippen LogP contribution in [0.15, 0.2) is 18.2 Å². The average Bonchev–Trinajstić information content (AvgIpc) is 2.35. The number of carboxylic acid groups (broad SMARTS) is 1. The molecule has 0 unspecified atom stereocenters. The van der Waals surface area contributed by atoms with E-state index in [9.17, 15) is 18.4 Å². The maximum Gasteiger partial charge on any atom is 0.323 e. The number of aryl methyl sites for hydroxylation is 1. The molecule has 21 heavy (non-hydrogen) atoms. The van der Waals surface area contributed by atoms with E-state index in [-0.39, 0.29) is 25.3 Å². The highest BCUT2D eigenvalue weighted by atomic mass is 19.2. The lowest BCUT2D eigenvalue weighted by atomic mass is 10.0. The summed E-state index contributed by atoms with van der Waals surface area (Å²) in [4.78, 5) is 24.2. The molecule has 1 N–H and O–H groups in total. The summed E-state index contributed by atoms with van der Waals surface area (Å²) in [6.45, 7) is 4.84. The Morgan fingerprint density at radius 3 is 2.29 bits per heavy atom. The van der Waals surface area contributed by atoms with Gasteiger partial charge in [0.05, 0.1) is 0 Å². The van der Waals surface area contributed by atoms with Crippen molar-refractivity contribution < 1.29 is 23.5 Å². The van der Waals surface area contributed by atoms with Crippen LogP contribution < -0.4 is 0 Å². The quantitative estimate of drug-likeness (QED) is 0.909. The molecule has 0 fully saturated rings. The first-order valence-electron chi connectivity index (χ1n) is 6.57. The molecular formula is C15H19F2NO3. The van der Waals surface area contributed by atoms with Crippen molar-refractivity contribution in [3.05, 3.63) is 35.4 Å². The summed E-state index contributed by atoms with van der Waals surface area (Å²) >= 11 is 0. The normalized spacial score (nSPS) is 11.3. The third kappa shape index (κ3) is 5.13. The molecule has 0 aliphatic rings. The van der Waals surface area contributed by atoms with Crippen molar-refractivity contribution in [1.82, 2.24) is 4.90 Å². The van der Waals surface area contributed by atoms with E-state index in [0.717, 1.165) is 12.1 Å². The van der Waals surface area contributed by atoms with Gasteiger partial charge in [0.2, 0.25) is 5.91 Å². The van der Waals surface area contributed by atoms with Gasteiger partial charge in [0.1, 0.15) is 6.54 Å². The van der Waals surface area contributed by atoms with Crippen LogP contribution in [0.2, 0.25) is 0 Å². The number of hydrogen-bond donors (Lipinski definition) is 1. The Labute approximate surface area is 122 Å². The molecule has 0 atom stereocenters. The zero-order valence-electron chi connectivity index (χ0n) is 12.3. The van der Waals surface area contributed by atoms with Gasteiger partial charge < -0.3 is 10.0 Å². The molecule has 4 nitrogen and oxygen atoms in total. The van der Waals surface area contributed by atoms with Crippen molar-refractivity contribution in [2.75, 3.05) is 6.54 Å². The largest absolute Gasteiger partial charge is 0.480 e. The van der Waals surface area contributed by atoms with Gasteiger partial charge in [-0.25, -0.2) is 8.78 Å². The lowest BCUT2D eigenvalue weighted by Gasteiger charge is -2.34. The number of amides is 1. The first kappa shape index (κ1) is 17.1. The smallest absolute Gasteiger partial charge is 0.323 e. The van der Waals surface area contributed by atoms with Crippen LogP contribution in [-0.2, 0) is 16.0 Å². The molecule has 0 aromatic heterocycles. The number of carbonyl (C=O) groups excluding carboxylic acids is 1. The Balaban J connectivity index is 2.73. The number of halogens is 2. The maximum absolute atomic E-state index is 13.1. The number of rotatable bonds is 5. The topological polar surface area (TPSA) is 57.6 Å². The molecule has 0 heterocycles. The predicted octanol–water partition coefficient (Wildman–Crippen LogP) is 2.61. The Hall–Kier alpha value is -1.98. The summed E-state index contributed by atoms with van der Waals surface area (Å²) in [6.07, 6.45) is 0.262. The van der Waals surface area contributed by atoms with Crippen LogP contribution in [0.25, 0.3) is 0 Å². The standard InChI is InChI=1S/C15H19F2NO3/c1-15(2,3)18(9-14(20)21)13(19)7-5-10-4-6-11(16)12(17)8-10/h4,6,8H,5,7,9H2,1-3H3,(H,20,21). The highest BCUT2D eigenvalue weighted by Gasteiger charge is 2.27. The lowest BCUT2D eigenvalue weighted by Crippen LogP contribution is -2.48. The van der Waals surface area contributed by atoms with Crippen molar-refractivity contribution in [1.29, 1.82) is 0 Å². The predicted molar refractivity (Wildman–Crippen MR) is 73.8 cm³/mol. The van der Waals surface area contributed by atoms with Gasteiger partial charge in [-0.15, -0.1) is 0 Å². The third-order valence-corrected chi connectivity index (χ3v) is 3.02. The van der Waals surface area contributed by atoms with Crippen molar-refractivity contribution in [2.24, 2.45) is 0 Å². The van der Waals surface area contributed by atoms with Gasteiger partial charge in [-0.05, 0) is 44.9 Å². The van der Waals surface area contributed by atoms with Gasteiger partial charge in [-0.2, -0.15) is 0 Å². The number of carboxylic acids is 1. The second-order valence-electron chi connectivity index (χ2n) is 5.79. The van der Waals surface area contributed by atoms with Crippen LogP contribution in [0.5, 0.6) is 0 Å². The van der Waals surface area contributed by atoms with Crippen LogP contribution in [0, 0.1) is 11.6 Å². The molecule has 6 heteroatoms. The van der Waals surface area contributed by atoms with Crippen molar-refractivity contribution in [3.8, 4) is 0 Å². The summed E-state index contributed by atoms with van der Waals surface area (Å²) in [5.74, 6) is -3.33. The molecule has 0 bridgehead atoms. The summed E-state index contributed by atoms with van der Waals surface area (Å²) in [5, 5.41) is 8.86. The van der Waals surface area contributed by atoms with Crippen molar-refractivity contribution in [2.45, 2.75) is 39.2 Å². The Bertz CT molecular complexity index is 538. The van der Waals surface area contributed by atoms with E-state index in [1.54, 1.807) is 20.8 Å². The van der Waals surface area contributed by atoms with Gasteiger partial charge in [0.25, 0.3) is 0 Å². The van der Waals surface area contributed by atoms with Crippen LogP contribution in [-0.4, -0.2) is 34.0 Å². The summed E-state index contributed by atoms with van der Waals surface area (Å²) in [5.41, 5.74) is -0.129. The van der Waals surface area contributed by atoms with Crippen molar-refractivity contribution >= 4 is 11.9 Å². The average molecular weight is 299 g/mol. The zero-order chi connectivity index (χ0) is 16.2. The van der Waals surface area contributed by atoms with Gasteiger partial charge in [0.15, 0.2) is 11.6 Å². The second-order valence-corrected chi connectivity index (χ2v) is 5.79. The first-order valence-corrected chi connectivity index (χ1v) is 6.57. The second kappa shape index (κ2) is 6.65. The van der Waals surface area contributed by atoms with Crippen LogP contribution >= 0.6 is 0 Å². The van der Waals surface area contributed by atoms with E-state index in [0.29, 0.717) is 5.56 Å². The van der Waals surface area contributed by atoms with Gasteiger partial charge in [-0.3, -0.25) is 9.59 Å². The number of carbonyl (C=O) groups is 2. The molecule has 0 spiro atoms. The summed E-state index contributed by atoms with van der Waals surface area (Å²) in [6, 6.07) is 3.46. The molecule has 116 valence electrons. The van der Waals surface area contributed by atoms with E-state index >= 15 is 0 Å². The zero-order valence-corrected chi connectivity index (χ0v) is 12.3. The highest BCUT2D eigenvalue weighted by molar-refractivity contribution is 5.82. The molecule has 1 rings (SSSR count). The van der Waals surface area contributed by atoms with Gasteiger partial charge >= 0.3 is 5.97 Å². The molecule has 0 aliphatic carbocycles. The van der Waals surface area contributed by atoms with Crippen LogP contribution in [0.4, 0.5) is 8.78 Å². The van der Waals surface area contributed by atoms with Crippen molar-refractivity contribution in [3.63, 3.8) is 0 Å². The number of hydrogen-bond acceptors (Lipinski definition) is 2. The van der Waals surface area contributed by atoms with E-state index in [1.807, 2.05) is 0 Å². The van der Waals surface area contributed by atoms with E-state index in [2.05, 4.69) is 0 Å². The number of aliphatic carboxylic acids is 1. The lowest BCUT2D eigenvalue weighted by molar-refractivity contribution is -0.148. The molecule has 0 saturated heterocycles. The molecular weight excluding hydrogens is 280 g/mol. The van der Waals surface area contributed by atoms with Crippen LogP contribution in [0.1, 0.15) is 32.8 Å². The molecule has 0 aliphatic heterocycles. The van der Waals surface area contributed by atoms with E-state index in [4.69, 9.17) is 5.11 Å². The summed E-state index contributed by atoms with van der Waals surface area (Å²) < 4.78 is 25.9. The highest BCUT2D eigenvalue weighted by Crippen LogP contribution is 2.16. The fourth-order valence-corrected chi connectivity index (χ4v) is 1.92. The summed E-state index contributed by atoms with van der Waals surface area (Å²) in [7, 11) is 0. The van der Waals surface area contributed by atoms with Gasteiger partial charge in [0, 0.05) is 12.0 Å².